The highest BCUT2D eigenvalue weighted by Crippen LogP contribution is 2.24. The van der Waals surface area contributed by atoms with Gasteiger partial charge in [0.1, 0.15) is 5.52 Å². The van der Waals surface area contributed by atoms with E-state index in [1.165, 1.54) is 43.0 Å². The first-order chi connectivity index (χ1) is 15.1. The lowest BCUT2D eigenvalue weighted by Gasteiger charge is -2.40. The summed E-state index contributed by atoms with van der Waals surface area (Å²) in [6.07, 6.45) is 7.97. The molecule has 2 fully saturated rings. The molecule has 0 bridgehead atoms. The lowest BCUT2D eigenvalue weighted by atomic mass is 9.94. The van der Waals surface area contributed by atoms with E-state index >= 15 is 0 Å². The zero-order chi connectivity index (χ0) is 21.4. The van der Waals surface area contributed by atoms with Gasteiger partial charge in [-0.2, -0.15) is 5.10 Å². The molecule has 2 aromatic heterocycles. The van der Waals surface area contributed by atoms with E-state index in [4.69, 9.17) is 0 Å². The fourth-order valence-corrected chi connectivity index (χ4v) is 4.87. The Morgan fingerprint density at radius 1 is 1.00 bits per heavy atom. The van der Waals surface area contributed by atoms with Crippen molar-refractivity contribution in [3.05, 3.63) is 52.7 Å². The monoisotopic (exact) mass is 420 g/mol. The topological polar surface area (TPSA) is 76.3 Å². The number of aryl methyl sites for hydroxylation is 1. The van der Waals surface area contributed by atoms with Crippen LogP contribution in [0.4, 0.5) is 0 Å². The molecular weight excluding hydrogens is 392 g/mol. The molecule has 31 heavy (non-hydrogen) atoms. The van der Waals surface area contributed by atoms with Gasteiger partial charge in [-0.3, -0.25) is 14.5 Å². The van der Waals surface area contributed by atoms with Crippen molar-refractivity contribution in [2.45, 2.75) is 38.1 Å². The van der Waals surface area contributed by atoms with Gasteiger partial charge in [0.2, 0.25) is 0 Å². The van der Waals surface area contributed by atoms with Gasteiger partial charge in [0.15, 0.2) is 11.2 Å². The van der Waals surface area contributed by atoms with Crippen LogP contribution < -0.4 is 5.56 Å². The van der Waals surface area contributed by atoms with E-state index in [0.29, 0.717) is 30.2 Å². The highest BCUT2D eigenvalue weighted by Gasteiger charge is 2.30. The summed E-state index contributed by atoms with van der Waals surface area (Å²) in [5, 5.41) is 4.58. The molecule has 1 saturated carbocycles. The number of nitrogens with zero attached hydrogens (tertiary/aromatic N) is 6. The minimum absolute atomic E-state index is 0.149. The van der Waals surface area contributed by atoms with Crippen molar-refractivity contribution in [1.29, 1.82) is 0 Å². The van der Waals surface area contributed by atoms with Crippen LogP contribution >= 0.6 is 0 Å². The Morgan fingerprint density at radius 3 is 2.42 bits per heavy atom. The smallest absolute Gasteiger partial charge is 0.279 e. The van der Waals surface area contributed by atoms with Crippen LogP contribution in [0.25, 0.3) is 16.7 Å². The number of fused-ring (bicyclic) bond motifs is 1. The summed E-state index contributed by atoms with van der Waals surface area (Å²) < 4.78 is 2.97. The second-order valence-electron chi connectivity index (χ2n) is 8.57. The molecule has 2 aliphatic rings. The maximum Gasteiger partial charge on any atom is 0.279 e. The van der Waals surface area contributed by atoms with Gasteiger partial charge in [0, 0.05) is 39.3 Å². The summed E-state index contributed by atoms with van der Waals surface area (Å²) >= 11 is 0. The summed E-state index contributed by atoms with van der Waals surface area (Å²) in [5.41, 5.74) is 1.47. The van der Waals surface area contributed by atoms with E-state index in [-0.39, 0.29) is 17.2 Å². The number of benzene rings is 1. The van der Waals surface area contributed by atoms with Crippen molar-refractivity contribution in [2.75, 3.05) is 26.2 Å². The zero-order valence-corrected chi connectivity index (χ0v) is 17.9. The normalized spacial score (nSPS) is 18.5. The standard InChI is InChI=1S/C23H28N6O2/c1-26-16-24-19-20(25-29(21(19)23(26)31)18-10-6-3-7-11-18)22(30)28-14-12-27(13-15-28)17-8-4-2-5-9-17/h3,6-7,10-11,16-17H,2,4-5,8-9,12-15H2,1H3. The number of hydrogen-bond donors (Lipinski definition) is 0. The summed E-state index contributed by atoms with van der Waals surface area (Å²) in [5.74, 6) is -0.149. The Balaban J connectivity index is 1.44. The maximum absolute atomic E-state index is 13.4. The van der Waals surface area contributed by atoms with Gasteiger partial charge in [-0.15, -0.1) is 0 Å². The lowest BCUT2D eigenvalue weighted by Crippen LogP contribution is -2.52. The van der Waals surface area contributed by atoms with E-state index in [1.54, 1.807) is 11.7 Å². The van der Waals surface area contributed by atoms with Gasteiger partial charge >= 0.3 is 0 Å². The molecule has 1 aliphatic carbocycles. The summed E-state index contributed by atoms with van der Waals surface area (Å²) in [4.78, 5) is 35.1. The summed E-state index contributed by atoms with van der Waals surface area (Å²) in [6.45, 7) is 3.14. The fraction of sp³-hybridized carbons (Fsp3) is 0.478. The minimum atomic E-state index is -0.220. The number of para-hydroxylation sites is 1. The third-order valence-corrected chi connectivity index (χ3v) is 6.64. The quantitative estimate of drug-likeness (QED) is 0.649. The van der Waals surface area contributed by atoms with Crippen LogP contribution in [0.3, 0.4) is 0 Å². The number of amides is 1. The van der Waals surface area contributed by atoms with Crippen LogP contribution in [0.5, 0.6) is 0 Å². The fourth-order valence-electron chi connectivity index (χ4n) is 4.87. The molecule has 8 nitrogen and oxygen atoms in total. The molecule has 1 aliphatic heterocycles. The third-order valence-electron chi connectivity index (χ3n) is 6.64. The molecule has 1 saturated heterocycles. The molecule has 0 unspecified atom stereocenters. The number of carbonyl (C=O) groups is 1. The van der Waals surface area contributed by atoms with Gasteiger partial charge in [0.25, 0.3) is 11.5 Å². The molecule has 0 spiro atoms. The maximum atomic E-state index is 13.4. The van der Waals surface area contributed by atoms with Crippen LogP contribution in [-0.4, -0.2) is 67.3 Å². The van der Waals surface area contributed by atoms with Crippen molar-refractivity contribution >= 4 is 16.9 Å². The average Bonchev–Trinajstić information content (AvgIpc) is 3.22. The number of aromatic nitrogens is 4. The molecule has 0 radical (unpaired) electrons. The average molecular weight is 421 g/mol. The molecule has 8 heteroatoms. The van der Waals surface area contributed by atoms with E-state index in [9.17, 15) is 9.59 Å². The third kappa shape index (κ3) is 3.65. The molecule has 0 N–H and O–H groups in total. The Labute approximate surface area is 181 Å². The van der Waals surface area contributed by atoms with Crippen LogP contribution in [-0.2, 0) is 7.05 Å². The first-order valence-corrected chi connectivity index (χ1v) is 11.2. The van der Waals surface area contributed by atoms with E-state index in [1.807, 2.05) is 35.2 Å². The molecular formula is C23H28N6O2. The van der Waals surface area contributed by atoms with Gasteiger partial charge in [-0.05, 0) is 25.0 Å². The second-order valence-corrected chi connectivity index (χ2v) is 8.57. The molecule has 1 aromatic carbocycles. The number of piperazine rings is 1. The first-order valence-electron chi connectivity index (χ1n) is 11.2. The Hall–Kier alpha value is -3.00. The van der Waals surface area contributed by atoms with Gasteiger partial charge in [-0.25, -0.2) is 9.67 Å². The predicted molar refractivity (Wildman–Crippen MR) is 118 cm³/mol. The van der Waals surface area contributed by atoms with Crippen LogP contribution in [0.1, 0.15) is 42.6 Å². The van der Waals surface area contributed by atoms with Crippen molar-refractivity contribution in [3.8, 4) is 5.69 Å². The van der Waals surface area contributed by atoms with Gasteiger partial charge in [-0.1, -0.05) is 37.5 Å². The van der Waals surface area contributed by atoms with Crippen molar-refractivity contribution in [3.63, 3.8) is 0 Å². The Bertz CT molecular complexity index is 1140. The molecule has 3 heterocycles. The van der Waals surface area contributed by atoms with E-state index < -0.39 is 0 Å². The lowest BCUT2D eigenvalue weighted by molar-refractivity contribution is 0.0519. The van der Waals surface area contributed by atoms with Crippen molar-refractivity contribution in [2.24, 2.45) is 7.05 Å². The number of hydrogen-bond acceptors (Lipinski definition) is 5. The van der Waals surface area contributed by atoms with Crippen molar-refractivity contribution in [1.82, 2.24) is 29.1 Å². The number of carbonyl (C=O) groups excluding carboxylic acids is 1. The predicted octanol–water partition coefficient (Wildman–Crippen LogP) is 2.21. The summed E-state index contributed by atoms with van der Waals surface area (Å²) in [6, 6.07) is 10.1. The summed E-state index contributed by atoms with van der Waals surface area (Å²) in [7, 11) is 1.66. The second kappa shape index (κ2) is 8.26. The van der Waals surface area contributed by atoms with Crippen LogP contribution in [0.15, 0.2) is 41.5 Å². The molecule has 1 amide bonds. The zero-order valence-electron chi connectivity index (χ0n) is 17.9. The SMILES string of the molecule is Cn1cnc2c(C(=O)N3CCN(C4CCCCC4)CC3)nn(-c3ccccc3)c2c1=O. The highest BCUT2D eigenvalue weighted by molar-refractivity contribution is 6.03. The van der Waals surface area contributed by atoms with E-state index in [2.05, 4.69) is 15.0 Å². The van der Waals surface area contributed by atoms with Gasteiger partial charge in [0.05, 0.1) is 12.0 Å². The highest BCUT2D eigenvalue weighted by atomic mass is 16.2. The Morgan fingerprint density at radius 2 is 1.71 bits per heavy atom. The molecule has 5 rings (SSSR count). The molecule has 0 atom stereocenters. The Kier molecular flexibility index (Phi) is 5.31. The largest absolute Gasteiger partial charge is 0.335 e. The number of rotatable bonds is 3. The van der Waals surface area contributed by atoms with Crippen LogP contribution in [0.2, 0.25) is 0 Å². The minimum Gasteiger partial charge on any atom is -0.335 e. The van der Waals surface area contributed by atoms with E-state index in [0.717, 1.165) is 18.8 Å². The first kappa shape index (κ1) is 19.9. The van der Waals surface area contributed by atoms with Crippen LogP contribution in [0, 0.1) is 0 Å². The van der Waals surface area contributed by atoms with Crippen molar-refractivity contribution < 1.29 is 4.79 Å². The van der Waals surface area contributed by atoms with Gasteiger partial charge < -0.3 is 9.47 Å². The molecule has 162 valence electrons. The molecule has 3 aromatic rings.